The number of aromatic nitrogens is 4. The van der Waals surface area contributed by atoms with Crippen molar-refractivity contribution in [3.8, 4) is 11.4 Å². The van der Waals surface area contributed by atoms with Gasteiger partial charge in [-0.25, -0.2) is 23.2 Å². The van der Waals surface area contributed by atoms with Crippen LogP contribution in [0, 0.1) is 18.8 Å². The normalized spacial score (nSPS) is 18.5. The number of nitrogens with zero attached hydrogens (tertiary/aromatic N) is 4. The molecule has 0 spiro atoms. The molecule has 0 unspecified atom stereocenters. The molecule has 1 saturated carbocycles. The van der Waals surface area contributed by atoms with Crippen molar-refractivity contribution in [2.45, 2.75) is 25.9 Å². The zero-order valence-electron chi connectivity index (χ0n) is 19.7. The summed E-state index contributed by atoms with van der Waals surface area (Å²) in [6.07, 6.45) is -1.45. The number of halogens is 3. The third kappa shape index (κ3) is 5.07. The molecule has 3 aromatic rings. The summed E-state index contributed by atoms with van der Waals surface area (Å²) in [7, 11) is 1.54. The Labute approximate surface area is 213 Å². The minimum atomic E-state index is -3.62. The lowest BCUT2D eigenvalue weighted by atomic mass is 10.1. The molecule has 0 radical (unpaired) electrons. The number of aliphatic carboxylic acids is 1. The standard InChI is InChI=1S/C23H21ClF2N6O5/c1-10-14(28-20(33)16-17(21(34)35)23(16,25)26)8-9-15(27-10)18-19(32(3)31-30-18)29-22(36)37-11(2)12-6-4-5-7-13(12)24/h4-9,11,16-17H,1-3H3,(H,28,33)(H,29,36)(H,34,35)/t11-,16-,17-/m1/s1. The summed E-state index contributed by atoms with van der Waals surface area (Å²) in [6, 6.07) is 9.78. The molecule has 2 amide bonds. The first kappa shape index (κ1) is 25.9. The summed E-state index contributed by atoms with van der Waals surface area (Å²) < 4.78 is 34.1. The summed E-state index contributed by atoms with van der Waals surface area (Å²) in [4.78, 5) is 40.1. The fourth-order valence-electron chi connectivity index (χ4n) is 3.82. The summed E-state index contributed by atoms with van der Waals surface area (Å²) >= 11 is 6.16. The van der Waals surface area contributed by atoms with Gasteiger partial charge in [0.1, 0.15) is 17.9 Å². The number of carboxylic acid groups (broad SMARTS) is 1. The van der Waals surface area contributed by atoms with E-state index in [2.05, 4.69) is 25.9 Å². The lowest BCUT2D eigenvalue weighted by Gasteiger charge is -2.15. The Morgan fingerprint density at radius 1 is 1.16 bits per heavy atom. The molecule has 4 rings (SSSR count). The number of nitrogens with one attached hydrogen (secondary N) is 2. The maximum Gasteiger partial charge on any atom is 0.413 e. The monoisotopic (exact) mass is 534 g/mol. The third-order valence-corrected chi connectivity index (χ3v) is 6.21. The molecule has 2 aromatic heterocycles. The van der Waals surface area contributed by atoms with Crippen molar-refractivity contribution < 1.29 is 33.0 Å². The van der Waals surface area contributed by atoms with E-state index in [-0.39, 0.29) is 28.6 Å². The second-order valence-corrected chi connectivity index (χ2v) is 8.80. The number of rotatable bonds is 7. The Balaban J connectivity index is 1.48. The smallest absolute Gasteiger partial charge is 0.413 e. The van der Waals surface area contributed by atoms with E-state index in [1.165, 1.54) is 23.7 Å². The third-order valence-electron chi connectivity index (χ3n) is 5.86. The van der Waals surface area contributed by atoms with E-state index in [9.17, 15) is 23.2 Å². The van der Waals surface area contributed by atoms with Gasteiger partial charge in [-0.3, -0.25) is 14.9 Å². The SMILES string of the molecule is Cc1nc(-c2nnn(C)c2NC(=O)O[C@H](C)c2ccccc2Cl)ccc1NC(=O)[C@H]1[C@H](C(=O)O)C1(F)F. The summed E-state index contributed by atoms with van der Waals surface area (Å²) in [5.74, 6) is -10.3. The number of amides is 2. The van der Waals surface area contributed by atoms with Gasteiger partial charge in [0.25, 0.3) is 5.92 Å². The number of alkyl halides is 2. The van der Waals surface area contributed by atoms with Crippen molar-refractivity contribution in [2.24, 2.45) is 18.9 Å². The van der Waals surface area contributed by atoms with Crippen molar-refractivity contribution in [2.75, 3.05) is 10.6 Å². The molecule has 3 atom stereocenters. The lowest BCUT2D eigenvalue weighted by molar-refractivity contribution is -0.141. The van der Waals surface area contributed by atoms with Gasteiger partial charge in [0.15, 0.2) is 11.5 Å². The van der Waals surface area contributed by atoms with E-state index in [1.807, 2.05) is 0 Å². The van der Waals surface area contributed by atoms with E-state index in [4.69, 9.17) is 21.4 Å². The molecule has 0 saturated heterocycles. The second kappa shape index (κ2) is 9.73. The van der Waals surface area contributed by atoms with Gasteiger partial charge in [-0.15, -0.1) is 5.10 Å². The first-order valence-corrected chi connectivity index (χ1v) is 11.3. The molecule has 1 aliphatic rings. The fraction of sp³-hybridized carbons (Fsp3) is 0.304. The van der Waals surface area contributed by atoms with Gasteiger partial charge in [0, 0.05) is 17.6 Å². The Morgan fingerprint density at radius 2 is 1.86 bits per heavy atom. The Hall–Kier alpha value is -4.13. The number of anilines is 2. The average Bonchev–Trinajstić information content (AvgIpc) is 3.25. The predicted molar refractivity (Wildman–Crippen MR) is 127 cm³/mol. The maximum absolute atomic E-state index is 13.7. The molecule has 1 aliphatic carbocycles. The van der Waals surface area contributed by atoms with Crippen LogP contribution >= 0.6 is 11.6 Å². The van der Waals surface area contributed by atoms with Crippen molar-refractivity contribution in [3.63, 3.8) is 0 Å². The van der Waals surface area contributed by atoms with Crippen molar-refractivity contribution >= 4 is 41.1 Å². The van der Waals surface area contributed by atoms with Gasteiger partial charge in [-0.05, 0) is 32.0 Å². The Bertz CT molecular complexity index is 1400. The largest absolute Gasteiger partial charge is 0.481 e. The number of ether oxygens (including phenoxy) is 1. The van der Waals surface area contributed by atoms with Crippen LogP contribution < -0.4 is 10.6 Å². The highest BCUT2D eigenvalue weighted by Gasteiger charge is 2.76. The molecule has 3 N–H and O–H groups in total. The quantitative estimate of drug-likeness (QED) is 0.411. The van der Waals surface area contributed by atoms with E-state index >= 15 is 0 Å². The van der Waals surface area contributed by atoms with Crippen LogP contribution in [0.2, 0.25) is 5.02 Å². The lowest BCUT2D eigenvalue weighted by Crippen LogP contribution is -2.19. The van der Waals surface area contributed by atoms with Gasteiger partial charge in [-0.1, -0.05) is 35.0 Å². The molecule has 14 heteroatoms. The van der Waals surface area contributed by atoms with E-state index in [0.29, 0.717) is 10.6 Å². The van der Waals surface area contributed by atoms with Crippen LogP contribution in [0.3, 0.4) is 0 Å². The molecule has 1 fully saturated rings. The van der Waals surface area contributed by atoms with Crippen LogP contribution in [0.4, 0.5) is 25.1 Å². The number of carboxylic acids is 1. The van der Waals surface area contributed by atoms with Gasteiger partial charge in [-0.2, -0.15) is 0 Å². The topological polar surface area (TPSA) is 148 Å². The van der Waals surface area contributed by atoms with Crippen LogP contribution in [-0.2, 0) is 21.4 Å². The minimum absolute atomic E-state index is 0.118. The summed E-state index contributed by atoms with van der Waals surface area (Å²) in [6.45, 7) is 3.18. The fourth-order valence-corrected chi connectivity index (χ4v) is 4.11. The molecule has 194 valence electrons. The van der Waals surface area contributed by atoms with Crippen LogP contribution in [-0.4, -0.2) is 49.0 Å². The predicted octanol–water partition coefficient (Wildman–Crippen LogP) is 4.05. The highest BCUT2D eigenvalue weighted by Crippen LogP contribution is 2.55. The molecule has 0 bridgehead atoms. The number of aryl methyl sites for hydroxylation is 2. The van der Waals surface area contributed by atoms with Gasteiger partial charge in [0.2, 0.25) is 5.91 Å². The minimum Gasteiger partial charge on any atom is -0.481 e. The molecular weight excluding hydrogens is 514 g/mol. The number of carbonyl (C=O) groups excluding carboxylic acids is 2. The van der Waals surface area contributed by atoms with Crippen LogP contribution in [0.5, 0.6) is 0 Å². The highest BCUT2D eigenvalue weighted by molar-refractivity contribution is 6.31. The van der Waals surface area contributed by atoms with Crippen LogP contribution in [0.1, 0.15) is 24.3 Å². The van der Waals surface area contributed by atoms with E-state index < -0.39 is 41.8 Å². The molecule has 0 aliphatic heterocycles. The zero-order valence-corrected chi connectivity index (χ0v) is 20.5. The molecule has 11 nitrogen and oxygen atoms in total. The highest BCUT2D eigenvalue weighted by atomic mass is 35.5. The van der Waals surface area contributed by atoms with Crippen molar-refractivity contribution in [3.05, 3.63) is 52.7 Å². The van der Waals surface area contributed by atoms with Crippen molar-refractivity contribution in [1.29, 1.82) is 0 Å². The van der Waals surface area contributed by atoms with Gasteiger partial charge < -0.3 is 15.2 Å². The summed E-state index contributed by atoms with van der Waals surface area (Å²) in [5, 5.41) is 22.1. The van der Waals surface area contributed by atoms with E-state index in [0.717, 1.165) is 0 Å². The Morgan fingerprint density at radius 3 is 2.49 bits per heavy atom. The van der Waals surface area contributed by atoms with Crippen molar-refractivity contribution in [1.82, 2.24) is 20.0 Å². The number of pyridine rings is 1. The molecular formula is C23H21ClF2N6O5. The number of hydrogen-bond acceptors (Lipinski definition) is 7. The first-order chi connectivity index (χ1) is 17.4. The first-order valence-electron chi connectivity index (χ1n) is 10.9. The van der Waals surface area contributed by atoms with E-state index in [1.54, 1.807) is 38.2 Å². The number of carbonyl (C=O) groups is 3. The zero-order chi connectivity index (χ0) is 27.1. The number of benzene rings is 1. The Kier molecular flexibility index (Phi) is 6.82. The average molecular weight is 535 g/mol. The molecule has 37 heavy (non-hydrogen) atoms. The number of hydrogen-bond donors (Lipinski definition) is 3. The van der Waals surface area contributed by atoms with Gasteiger partial charge >= 0.3 is 12.1 Å². The molecule has 1 aromatic carbocycles. The van der Waals surface area contributed by atoms with Gasteiger partial charge in [0.05, 0.1) is 17.1 Å². The molecule has 2 heterocycles. The van der Waals surface area contributed by atoms with Crippen LogP contribution in [0.25, 0.3) is 11.4 Å². The second-order valence-electron chi connectivity index (χ2n) is 8.39. The maximum atomic E-state index is 13.7. The van der Waals surface area contributed by atoms with Crippen LogP contribution in [0.15, 0.2) is 36.4 Å². The summed E-state index contributed by atoms with van der Waals surface area (Å²) in [5.41, 5.74) is 1.43.